The van der Waals surface area contributed by atoms with E-state index in [1.165, 1.54) is 11.4 Å². The predicted molar refractivity (Wildman–Crippen MR) is 118 cm³/mol. The Morgan fingerprint density at radius 3 is 2.30 bits per heavy atom. The topological polar surface area (TPSA) is 84.9 Å². The summed E-state index contributed by atoms with van der Waals surface area (Å²) >= 11 is 0. The van der Waals surface area contributed by atoms with Crippen molar-refractivity contribution in [3.63, 3.8) is 0 Å². The number of benzene rings is 2. The van der Waals surface area contributed by atoms with Crippen molar-refractivity contribution in [3.8, 4) is 11.5 Å². The number of rotatable bonds is 10. The normalized spacial score (nSPS) is 12.3. The molecule has 0 aliphatic carbocycles. The van der Waals surface area contributed by atoms with E-state index in [1.54, 1.807) is 24.3 Å². The van der Waals surface area contributed by atoms with Gasteiger partial charge in [0.1, 0.15) is 11.5 Å². The van der Waals surface area contributed by atoms with Crippen LogP contribution >= 0.6 is 0 Å². The SMILES string of the molecule is CC[C@@H](Oc1ccc(N(C)S(C)(=O)=O)cc1)C(=O)NCc1cccc(OC(C)C)c1. The van der Waals surface area contributed by atoms with Gasteiger partial charge in [0.05, 0.1) is 18.0 Å². The molecule has 0 saturated carbocycles. The summed E-state index contributed by atoms with van der Waals surface area (Å²) in [5, 5.41) is 2.89. The Morgan fingerprint density at radius 2 is 1.73 bits per heavy atom. The lowest BCUT2D eigenvalue weighted by atomic mass is 10.2. The molecule has 1 N–H and O–H groups in total. The molecule has 0 fully saturated rings. The lowest BCUT2D eigenvalue weighted by Crippen LogP contribution is -2.37. The van der Waals surface area contributed by atoms with Gasteiger partial charge in [-0.25, -0.2) is 8.42 Å². The van der Waals surface area contributed by atoms with Crippen molar-refractivity contribution >= 4 is 21.6 Å². The van der Waals surface area contributed by atoms with Gasteiger partial charge in [0.2, 0.25) is 10.0 Å². The van der Waals surface area contributed by atoms with E-state index in [4.69, 9.17) is 9.47 Å². The van der Waals surface area contributed by atoms with Crippen molar-refractivity contribution in [1.82, 2.24) is 5.32 Å². The van der Waals surface area contributed by atoms with E-state index in [1.807, 2.05) is 45.0 Å². The Hall–Kier alpha value is -2.74. The van der Waals surface area contributed by atoms with Crippen LogP contribution in [-0.4, -0.2) is 39.8 Å². The molecule has 0 bridgehead atoms. The molecular formula is C22H30N2O5S. The second kappa shape index (κ2) is 10.3. The van der Waals surface area contributed by atoms with Crippen LogP contribution in [0.5, 0.6) is 11.5 Å². The van der Waals surface area contributed by atoms with E-state index >= 15 is 0 Å². The number of carbonyl (C=O) groups excluding carboxylic acids is 1. The summed E-state index contributed by atoms with van der Waals surface area (Å²) in [7, 11) is -1.85. The molecule has 30 heavy (non-hydrogen) atoms. The summed E-state index contributed by atoms with van der Waals surface area (Å²) in [6.45, 7) is 6.16. The van der Waals surface area contributed by atoms with Gasteiger partial charge >= 0.3 is 0 Å². The maximum Gasteiger partial charge on any atom is 0.261 e. The smallest absolute Gasteiger partial charge is 0.261 e. The zero-order valence-corrected chi connectivity index (χ0v) is 18.9. The molecule has 2 aromatic carbocycles. The zero-order valence-electron chi connectivity index (χ0n) is 18.1. The molecule has 0 aliphatic rings. The van der Waals surface area contributed by atoms with E-state index in [-0.39, 0.29) is 12.0 Å². The van der Waals surface area contributed by atoms with Crippen LogP contribution in [0.4, 0.5) is 5.69 Å². The summed E-state index contributed by atoms with van der Waals surface area (Å²) in [4.78, 5) is 12.6. The van der Waals surface area contributed by atoms with Crippen LogP contribution in [0.15, 0.2) is 48.5 Å². The molecule has 0 aliphatic heterocycles. The average molecular weight is 435 g/mol. The predicted octanol–water partition coefficient (Wildman–Crippen LogP) is 3.34. The second-order valence-electron chi connectivity index (χ2n) is 7.27. The van der Waals surface area contributed by atoms with Gasteiger partial charge in [0, 0.05) is 13.6 Å². The van der Waals surface area contributed by atoms with Gasteiger partial charge in [-0.1, -0.05) is 19.1 Å². The number of nitrogens with one attached hydrogen (secondary N) is 1. The highest BCUT2D eigenvalue weighted by Gasteiger charge is 2.19. The standard InChI is InChI=1S/C22H30N2O5S/c1-6-21(29-19-12-10-18(11-13-19)24(4)30(5,26)27)22(25)23-15-17-8-7-9-20(14-17)28-16(2)3/h7-14,16,21H,6,15H2,1-5H3,(H,23,25)/t21-/m1/s1. The number of ether oxygens (including phenoxy) is 2. The van der Waals surface area contributed by atoms with Gasteiger partial charge in [0.15, 0.2) is 6.10 Å². The van der Waals surface area contributed by atoms with Crippen molar-refractivity contribution in [2.45, 2.75) is 45.9 Å². The Bertz CT molecular complexity index is 942. The van der Waals surface area contributed by atoms with E-state index in [0.717, 1.165) is 17.6 Å². The minimum atomic E-state index is -3.33. The van der Waals surface area contributed by atoms with Gasteiger partial charge in [-0.3, -0.25) is 9.10 Å². The maximum atomic E-state index is 12.6. The van der Waals surface area contributed by atoms with Crippen molar-refractivity contribution in [2.24, 2.45) is 0 Å². The van der Waals surface area contributed by atoms with E-state index < -0.39 is 16.1 Å². The maximum absolute atomic E-state index is 12.6. The minimum Gasteiger partial charge on any atom is -0.491 e. The van der Waals surface area contributed by atoms with Crippen LogP contribution in [0.2, 0.25) is 0 Å². The summed E-state index contributed by atoms with van der Waals surface area (Å²) in [6.07, 6.45) is 1.06. The third-order valence-electron chi connectivity index (χ3n) is 4.38. The quantitative estimate of drug-likeness (QED) is 0.620. The van der Waals surface area contributed by atoms with E-state index in [2.05, 4.69) is 5.32 Å². The molecule has 1 amide bonds. The van der Waals surface area contributed by atoms with E-state index in [9.17, 15) is 13.2 Å². The number of carbonyl (C=O) groups is 1. The van der Waals surface area contributed by atoms with Crippen LogP contribution in [0.3, 0.4) is 0 Å². The first kappa shape index (κ1) is 23.5. The van der Waals surface area contributed by atoms with Crippen molar-refractivity contribution in [3.05, 3.63) is 54.1 Å². The minimum absolute atomic E-state index is 0.0799. The second-order valence-corrected chi connectivity index (χ2v) is 9.28. The number of hydrogen-bond acceptors (Lipinski definition) is 5. The highest BCUT2D eigenvalue weighted by Crippen LogP contribution is 2.21. The van der Waals surface area contributed by atoms with Gasteiger partial charge in [-0.15, -0.1) is 0 Å². The van der Waals surface area contributed by atoms with E-state index in [0.29, 0.717) is 24.4 Å². The summed E-state index contributed by atoms with van der Waals surface area (Å²) in [5.41, 5.74) is 1.45. The first-order valence-corrected chi connectivity index (χ1v) is 11.7. The van der Waals surface area contributed by atoms with Crippen molar-refractivity contribution in [1.29, 1.82) is 0 Å². The van der Waals surface area contributed by atoms with Gasteiger partial charge < -0.3 is 14.8 Å². The first-order valence-electron chi connectivity index (χ1n) is 9.84. The highest BCUT2D eigenvalue weighted by atomic mass is 32.2. The summed E-state index contributed by atoms with van der Waals surface area (Å²) in [6, 6.07) is 14.2. The molecule has 0 aromatic heterocycles. The molecule has 2 rings (SSSR count). The monoisotopic (exact) mass is 434 g/mol. The number of amides is 1. The number of anilines is 1. The molecule has 1 atom stereocenters. The molecule has 0 radical (unpaired) electrons. The van der Waals surface area contributed by atoms with Crippen molar-refractivity contribution < 1.29 is 22.7 Å². The van der Waals surface area contributed by atoms with Gasteiger partial charge in [-0.2, -0.15) is 0 Å². The number of nitrogens with zero attached hydrogens (tertiary/aromatic N) is 1. The van der Waals surface area contributed by atoms with Crippen LogP contribution < -0.4 is 19.1 Å². The molecule has 164 valence electrons. The zero-order chi connectivity index (χ0) is 22.3. The number of sulfonamides is 1. The molecule has 0 spiro atoms. The Kier molecular flexibility index (Phi) is 8.11. The lowest BCUT2D eigenvalue weighted by molar-refractivity contribution is -0.128. The molecule has 0 saturated heterocycles. The Balaban J connectivity index is 1.97. The van der Waals surface area contributed by atoms with Crippen molar-refractivity contribution in [2.75, 3.05) is 17.6 Å². The number of hydrogen-bond donors (Lipinski definition) is 1. The molecule has 2 aromatic rings. The molecule has 8 heteroatoms. The summed E-state index contributed by atoms with van der Waals surface area (Å²) < 4.78 is 35.9. The van der Waals surface area contributed by atoms with Crippen LogP contribution in [0.25, 0.3) is 0 Å². The lowest BCUT2D eigenvalue weighted by Gasteiger charge is -2.19. The Morgan fingerprint density at radius 1 is 1.07 bits per heavy atom. The molecule has 0 heterocycles. The fourth-order valence-corrected chi connectivity index (χ4v) is 3.22. The molecular weight excluding hydrogens is 404 g/mol. The highest BCUT2D eigenvalue weighted by molar-refractivity contribution is 7.92. The fraction of sp³-hybridized carbons (Fsp3) is 0.409. The largest absolute Gasteiger partial charge is 0.491 e. The van der Waals surface area contributed by atoms with Crippen LogP contribution in [-0.2, 0) is 21.4 Å². The molecule has 0 unspecified atom stereocenters. The van der Waals surface area contributed by atoms with Gasteiger partial charge in [0.25, 0.3) is 5.91 Å². The first-order chi connectivity index (χ1) is 14.1. The summed E-state index contributed by atoms with van der Waals surface area (Å²) in [5.74, 6) is 1.04. The third-order valence-corrected chi connectivity index (χ3v) is 5.58. The average Bonchev–Trinajstić information content (AvgIpc) is 2.69. The third kappa shape index (κ3) is 6.95. The Labute approximate surface area is 179 Å². The van der Waals surface area contributed by atoms with Crippen LogP contribution in [0, 0.1) is 0 Å². The fourth-order valence-electron chi connectivity index (χ4n) is 2.72. The van der Waals surface area contributed by atoms with Crippen LogP contribution in [0.1, 0.15) is 32.8 Å². The van der Waals surface area contributed by atoms with Gasteiger partial charge in [-0.05, 0) is 62.2 Å². The molecule has 7 nitrogen and oxygen atoms in total.